The van der Waals surface area contributed by atoms with Gasteiger partial charge < -0.3 is 15.8 Å². The second-order valence-electron chi connectivity index (χ2n) is 3.93. The fourth-order valence-electron chi connectivity index (χ4n) is 1.70. The molecular weight excluding hydrogens is 232 g/mol. The maximum Gasteiger partial charge on any atom is 0.120 e. The van der Waals surface area contributed by atoms with Crippen LogP contribution in [0.2, 0.25) is 0 Å². The molecule has 0 amide bonds. The molecule has 0 aliphatic carbocycles. The summed E-state index contributed by atoms with van der Waals surface area (Å²) in [7, 11) is 1.65. The van der Waals surface area contributed by atoms with Gasteiger partial charge in [-0.25, -0.2) is 0 Å². The van der Waals surface area contributed by atoms with Gasteiger partial charge in [0.15, 0.2) is 0 Å². The lowest BCUT2D eigenvalue weighted by atomic mass is 10.1. The number of thiocarbonyl (C=S) groups is 1. The molecule has 0 bridgehead atoms. The van der Waals surface area contributed by atoms with Crippen molar-refractivity contribution in [3.8, 4) is 5.75 Å². The van der Waals surface area contributed by atoms with E-state index in [9.17, 15) is 0 Å². The third kappa shape index (κ3) is 3.60. The lowest BCUT2D eigenvalue weighted by Gasteiger charge is -2.19. The van der Waals surface area contributed by atoms with Gasteiger partial charge in [0.05, 0.1) is 7.11 Å². The van der Waals surface area contributed by atoms with Crippen molar-refractivity contribution in [1.29, 1.82) is 0 Å². The molecule has 0 heterocycles. The molecule has 3 nitrogen and oxygen atoms in total. The molecule has 94 valence electrons. The van der Waals surface area contributed by atoms with Gasteiger partial charge in [0.25, 0.3) is 0 Å². The molecule has 0 unspecified atom stereocenters. The molecule has 0 aliphatic rings. The predicted octanol–water partition coefficient (Wildman–Crippen LogP) is 2.93. The van der Waals surface area contributed by atoms with E-state index in [4.69, 9.17) is 22.7 Å². The van der Waals surface area contributed by atoms with Crippen LogP contribution in [0, 0.1) is 0 Å². The number of nitrogens with two attached hydrogens (primary N) is 1. The highest BCUT2D eigenvalue weighted by atomic mass is 32.1. The minimum absolute atomic E-state index is 0.404. The Bertz CT molecular complexity index is 389. The molecule has 1 rings (SSSR count). The van der Waals surface area contributed by atoms with E-state index in [1.165, 1.54) is 0 Å². The Labute approximate surface area is 108 Å². The molecule has 0 saturated carbocycles. The highest BCUT2D eigenvalue weighted by molar-refractivity contribution is 7.80. The fourth-order valence-corrected chi connectivity index (χ4v) is 1.88. The Kier molecular flexibility index (Phi) is 5.22. The third-order valence-electron chi connectivity index (χ3n) is 2.84. The van der Waals surface area contributed by atoms with E-state index in [0.29, 0.717) is 11.0 Å². The number of rotatable bonds is 6. The third-order valence-corrected chi connectivity index (χ3v) is 3.06. The first kappa shape index (κ1) is 13.8. The van der Waals surface area contributed by atoms with Crippen LogP contribution in [-0.4, -0.2) is 18.1 Å². The molecule has 1 aromatic rings. The Morgan fingerprint density at radius 1 is 1.41 bits per heavy atom. The van der Waals surface area contributed by atoms with Crippen LogP contribution in [0.1, 0.15) is 32.3 Å². The number of hydrogen-bond acceptors (Lipinski definition) is 3. The minimum Gasteiger partial charge on any atom is -0.497 e. The first-order valence-electron chi connectivity index (χ1n) is 5.86. The zero-order valence-corrected chi connectivity index (χ0v) is 11.4. The van der Waals surface area contributed by atoms with Crippen LogP contribution in [0.3, 0.4) is 0 Å². The summed E-state index contributed by atoms with van der Waals surface area (Å²) in [4.78, 5) is 0.404. The second kappa shape index (κ2) is 6.45. The van der Waals surface area contributed by atoms with Crippen molar-refractivity contribution >= 4 is 22.9 Å². The molecule has 3 N–H and O–H groups in total. The summed E-state index contributed by atoms with van der Waals surface area (Å²) >= 11 is 5.05. The largest absolute Gasteiger partial charge is 0.497 e. The van der Waals surface area contributed by atoms with Crippen molar-refractivity contribution in [2.75, 3.05) is 12.4 Å². The zero-order valence-electron chi connectivity index (χ0n) is 10.6. The van der Waals surface area contributed by atoms with Gasteiger partial charge in [-0.05, 0) is 25.0 Å². The fraction of sp³-hybridized carbons (Fsp3) is 0.462. The number of benzene rings is 1. The van der Waals surface area contributed by atoms with Crippen LogP contribution >= 0.6 is 12.2 Å². The van der Waals surface area contributed by atoms with E-state index >= 15 is 0 Å². The molecule has 17 heavy (non-hydrogen) atoms. The number of nitrogens with one attached hydrogen (secondary N) is 1. The van der Waals surface area contributed by atoms with E-state index in [-0.39, 0.29) is 0 Å². The molecule has 0 atom stereocenters. The van der Waals surface area contributed by atoms with E-state index in [1.807, 2.05) is 18.2 Å². The SMILES string of the molecule is CCC(CC)Nc1cc(OC)ccc1C(N)=S. The molecule has 4 heteroatoms. The van der Waals surface area contributed by atoms with Gasteiger partial charge >= 0.3 is 0 Å². The Balaban J connectivity index is 3.04. The number of ether oxygens (including phenoxy) is 1. The van der Waals surface area contributed by atoms with Crippen molar-refractivity contribution in [1.82, 2.24) is 0 Å². The van der Waals surface area contributed by atoms with Crippen LogP contribution < -0.4 is 15.8 Å². The van der Waals surface area contributed by atoms with Gasteiger partial charge in [0, 0.05) is 23.4 Å². The molecule has 0 fully saturated rings. The molecule has 0 spiro atoms. The summed E-state index contributed by atoms with van der Waals surface area (Å²) in [6.45, 7) is 4.31. The van der Waals surface area contributed by atoms with E-state index in [0.717, 1.165) is 29.8 Å². The van der Waals surface area contributed by atoms with Crippen LogP contribution in [-0.2, 0) is 0 Å². The standard InChI is InChI=1S/C13H20N2OS/c1-4-9(5-2)15-12-8-10(16-3)6-7-11(12)13(14)17/h6-9,15H,4-5H2,1-3H3,(H2,14,17). The van der Waals surface area contributed by atoms with Gasteiger partial charge in [0.1, 0.15) is 10.7 Å². The molecule has 0 aromatic heterocycles. The molecule has 1 aromatic carbocycles. The normalized spacial score (nSPS) is 10.4. The molecule has 0 saturated heterocycles. The summed E-state index contributed by atoms with van der Waals surface area (Å²) in [5.74, 6) is 0.804. The first-order valence-corrected chi connectivity index (χ1v) is 6.27. The zero-order chi connectivity index (χ0) is 12.8. The summed E-state index contributed by atoms with van der Waals surface area (Å²) in [6, 6.07) is 6.13. The highest BCUT2D eigenvalue weighted by Gasteiger charge is 2.10. The summed E-state index contributed by atoms with van der Waals surface area (Å²) < 4.78 is 5.21. The smallest absolute Gasteiger partial charge is 0.120 e. The average Bonchev–Trinajstić information content (AvgIpc) is 2.35. The average molecular weight is 252 g/mol. The van der Waals surface area contributed by atoms with E-state index < -0.39 is 0 Å². The number of methoxy groups -OCH3 is 1. The number of anilines is 1. The number of hydrogen-bond donors (Lipinski definition) is 2. The first-order chi connectivity index (χ1) is 8.12. The van der Waals surface area contributed by atoms with Gasteiger partial charge in [-0.2, -0.15) is 0 Å². The lowest BCUT2D eigenvalue weighted by molar-refractivity contribution is 0.415. The molecule has 0 aliphatic heterocycles. The predicted molar refractivity (Wildman–Crippen MR) is 76.9 cm³/mol. The molecular formula is C13H20N2OS. The van der Waals surface area contributed by atoms with Crippen LogP contribution in [0.4, 0.5) is 5.69 Å². The van der Waals surface area contributed by atoms with E-state index in [1.54, 1.807) is 7.11 Å². The van der Waals surface area contributed by atoms with Crippen molar-refractivity contribution in [3.05, 3.63) is 23.8 Å². The second-order valence-corrected chi connectivity index (χ2v) is 4.37. The van der Waals surface area contributed by atoms with Crippen molar-refractivity contribution in [2.45, 2.75) is 32.7 Å². The summed E-state index contributed by atoms with van der Waals surface area (Å²) in [6.07, 6.45) is 2.12. The Morgan fingerprint density at radius 3 is 2.53 bits per heavy atom. The topological polar surface area (TPSA) is 47.3 Å². The van der Waals surface area contributed by atoms with Gasteiger partial charge in [-0.1, -0.05) is 26.1 Å². The van der Waals surface area contributed by atoms with Crippen LogP contribution in [0.25, 0.3) is 0 Å². The van der Waals surface area contributed by atoms with Crippen LogP contribution in [0.5, 0.6) is 5.75 Å². The lowest BCUT2D eigenvalue weighted by Crippen LogP contribution is -2.20. The summed E-state index contributed by atoms with van der Waals surface area (Å²) in [5.41, 5.74) is 7.53. The van der Waals surface area contributed by atoms with Crippen molar-refractivity contribution in [3.63, 3.8) is 0 Å². The Hall–Kier alpha value is -1.29. The maximum atomic E-state index is 5.72. The minimum atomic E-state index is 0.404. The van der Waals surface area contributed by atoms with Crippen molar-refractivity contribution < 1.29 is 4.74 Å². The van der Waals surface area contributed by atoms with Gasteiger partial charge in [-0.3, -0.25) is 0 Å². The quantitative estimate of drug-likeness (QED) is 0.764. The van der Waals surface area contributed by atoms with E-state index in [2.05, 4.69) is 19.2 Å². The van der Waals surface area contributed by atoms with Crippen LogP contribution in [0.15, 0.2) is 18.2 Å². The van der Waals surface area contributed by atoms with Gasteiger partial charge in [0.2, 0.25) is 0 Å². The molecule has 0 radical (unpaired) electrons. The van der Waals surface area contributed by atoms with Crippen molar-refractivity contribution in [2.24, 2.45) is 5.73 Å². The monoisotopic (exact) mass is 252 g/mol. The Morgan fingerprint density at radius 2 is 2.06 bits per heavy atom. The maximum absolute atomic E-state index is 5.72. The highest BCUT2D eigenvalue weighted by Crippen LogP contribution is 2.24. The van der Waals surface area contributed by atoms with Gasteiger partial charge in [-0.15, -0.1) is 0 Å². The summed E-state index contributed by atoms with van der Waals surface area (Å²) in [5, 5.41) is 3.46.